The lowest BCUT2D eigenvalue weighted by molar-refractivity contribution is 0.0723. The second-order valence-electron chi connectivity index (χ2n) is 6.85. The highest BCUT2D eigenvalue weighted by molar-refractivity contribution is 5.94. The van der Waals surface area contributed by atoms with Crippen LogP contribution in [0, 0.1) is 0 Å². The highest BCUT2D eigenvalue weighted by Gasteiger charge is 2.35. The summed E-state index contributed by atoms with van der Waals surface area (Å²) in [6.45, 7) is 4.92. The molecule has 122 valence electrons. The lowest BCUT2D eigenvalue weighted by Crippen LogP contribution is -2.31. The summed E-state index contributed by atoms with van der Waals surface area (Å²) in [6.07, 6.45) is 4.98. The Kier molecular flexibility index (Phi) is 3.47. The Morgan fingerprint density at radius 2 is 2.26 bits per heavy atom. The molecule has 1 saturated heterocycles. The molecule has 1 amide bonds. The summed E-state index contributed by atoms with van der Waals surface area (Å²) in [5.41, 5.74) is 3.72. The fraction of sp³-hybridized carbons (Fsp3) is 0.588. The first-order valence-electron chi connectivity index (χ1n) is 8.48. The summed E-state index contributed by atoms with van der Waals surface area (Å²) in [5, 5.41) is 11.5. The Hall–Kier alpha value is -2.11. The van der Waals surface area contributed by atoms with Crippen LogP contribution in [0.1, 0.15) is 78.3 Å². The first-order valence-corrected chi connectivity index (χ1v) is 8.48. The molecule has 1 unspecified atom stereocenters. The topological polar surface area (TPSA) is 75.0 Å². The van der Waals surface area contributed by atoms with Gasteiger partial charge in [-0.1, -0.05) is 19.0 Å². The number of nitrogens with one attached hydrogen (secondary N) is 1. The number of fused-ring (bicyclic) bond motifs is 1. The molecule has 0 aromatic carbocycles. The number of aryl methyl sites for hydroxylation is 1. The quantitative estimate of drug-likeness (QED) is 0.945. The minimum Gasteiger partial charge on any atom is -0.361 e. The van der Waals surface area contributed by atoms with Crippen molar-refractivity contribution in [3.63, 3.8) is 0 Å². The molecule has 4 rings (SSSR count). The van der Waals surface area contributed by atoms with E-state index in [2.05, 4.69) is 29.2 Å². The summed E-state index contributed by atoms with van der Waals surface area (Å²) < 4.78 is 5.42. The zero-order valence-corrected chi connectivity index (χ0v) is 13.6. The molecule has 0 radical (unpaired) electrons. The van der Waals surface area contributed by atoms with Gasteiger partial charge in [0, 0.05) is 29.8 Å². The maximum Gasteiger partial charge on any atom is 0.275 e. The Morgan fingerprint density at radius 3 is 3.04 bits per heavy atom. The lowest BCUT2D eigenvalue weighted by atomic mass is 10.1. The fourth-order valence-corrected chi connectivity index (χ4v) is 3.68. The predicted molar refractivity (Wildman–Crippen MR) is 84.2 cm³/mol. The van der Waals surface area contributed by atoms with E-state index in [1.807, 2.05) is 11.0 Å². The monoisotopic (exact) mass is 314 g/mol. The van der Waals surface area contributed by atoms with E-state index in [1.54, 1.807) is 0 Å². The number of aromatic amines is 1. The van der Waals surface area contributed by atoms with Gasteiger partial charge in [-0.3, -0.25) is 9.89 Å². The largest absolute Gasteiger partial charge is 0.361 e. The number of nitrogens with zero attached hydrogens (tertiary/aromatic N) is 3. The van der Waals surface area contributed by atoms with Crippen LogP contribution < -0.4 is 0 Å². The van der Waals surface area contributed by atoms with Gasteiger partial charge < -0.3 is 9.42 Å². The van der Waals surface area contributed by atoms with Crippen molar-refractivity contribution in [1.29, 1.82) is 0 Å². The van der Waals surface area contributed by atoms with Crippen LogP contribution in [0.3, 0.4) is 0 Å². The van der Waals surface area contributed by atoms with E-state index in [9.17, 15) is 4.79 Å². The van der Waals surface area contributed by atoms with Crippen LogP contribution in [0.2, 0.25) is 0 Å². The van der Waals surface area contributed by atoms with Crippen LogP contribution in [0.5, 0.6) is 0 Å². The molecule has 0 bridgehead atoms. The van der Waals surface area contributed by atoms with E-state index >= 15 is 0 Å². The summed E-state index contributed by atoms with van der Waals surface area (Å²) >= 11 is 0. The molecule has 0 saturated carbocycles. The molecule has 6 nitrogen and oxygen atoms in total. The van der Waals surface area contributed by atoms with E-state index in [1.165, 1.54) is 0 Å². The van der Waals surface area contributed by atoms with Crippen molar-refractivity contribution in [1.82, 2.24) is 20.3 Å². The Bertz CT molecular complexity index is 731. The van der Waals surface area contributed by atoms with Gasteiger partial charge in [0.25, 0.3) is 5.91 Å². The van der Waals surface area contributed by atoms with Crippen molar-refractivity contribution in [3.8, 4) is 0 Å². The number of amides is 1. The average Bonchev–Trinajstić information content (AvgIpc) is 3.27. The summed E-state index contributed by atoms with van der Waals surface area (Å²) in [6, 6.07) is 2.00. The smallest absolute Gasteiger partial charge is 0.275 e. The second-order valence-corrected chi connectivity index (χ2v) is 6.85. The van der Waals surface area contributed by atoms with Crippen LogP contribution in [0.4, 0.5) is 0 Å². The highest BCUT2D eigenvalue weighted by Crippen LogP contribution is 2.35. The SMILES string of the molecule is CC(C)c1cc(C2CCCN2C(=O)c2n[nH]c3c2CCC3)no1. The zero-order valence-electron chi connectivity index (χ0n) is 13.6. The number of rotatable bonds is 3. The molecular weight excluding hydrogens is 292 g/mol. The Labute approximate surface area is 135 Å². The molecule has 2 aliphatic rings. The van der Waals surface area contributed by atoms with Crippen LogP contribution in [-0.2, 0) is 12.8 Å². The van der Waals surface area contributed by atoms with Crippen molar-refractivity contribution < 1.29 is 9.32 Å². The van der Waals surface area contributed by atoms with Gasteiger partial charge in [0.15, 0.2) is 5.69 Å². The molecule has 0 spiro atoms. The number of H-pyrrole nitrogens is 1. The number of aromatic nitrogens is 3. The van der Waals surface area contributed by atoms with E-state index in [-0.39, 0.29) is 11.9 Å². The van der Waals surface area contributed by atoms with Gasteiger partial charge in [0.1, 0.15) is 11.5 Å². The van der Waals surface area contributed by atoms with Crippen molar-refractivity contribution >= 4 is 5.91 Å². The van der Waals surface area contributed by atoms with Crippen molar-refractivity contribution in [3.05, 3.63) is 34.5 Å². The highest BCUT2D eigenvalue weighted by atomic mass is 16.5. The van der Waals surface area contributed by atoms with Gasteiger partial charge >= 0.3 is 0 Å². The molecule has 1 atom stereocenters. The van der Waals surface area contributed by atoms with Crippen LogP contribution in [0.15, 0.2) is 10.6 Å². The third kappa shape index (κ3) is 2.36. The molecule has 6 heteroatoms. The zero-order chi connectivity index (χ0) is 16.0. The van der Waals surface area contributed by atoms with Gasteiger partial charge in [-0.25, -0.2) is 0 Å². The number of likely N-dealkylation sites (tertiary alicyclic amines) is 1. The molecule has 23 heavy (non-hydrogen) atoms. The van der Waals surface area contributed by atoms with Crippen molar-refractivity contribution in [2.45, 2.75) is 57.9 Å². The second kappa shape index (κ2) is 5.51. The first kappa shape index (κ1) is 14.5. The predicted octanol–water partition coefficient (Wildman–Crippen LogP) is 2.99. The van der Waals surface area contributed by atoms with Gasteiger partial charge in [0.05, 0.1) is 6.04 Å². The molecular formula is C17H22N4O2. The van der Waals surface area contributed by atoms with Gasteiger partial charge in [-0.15, -0.1) is 0 Å². The molecule has 2 aromatic rings. The van der Waals surface area contributed by atoms with Crippen molar-refractivity contribution in [2.75, 3.05) is 6.54 Å². The van der Waals surface area contributed by atoms with E-state index in [0.717, 1.165) is 61.4 Å². The third-order valence-corrected chi connectivity index (χ3v) is 4.98. The van der Waals surface area contributed by atoms with Crippen LogP contribution in [0.25, 0.3) is 0 Å². The summed E-state index contributed by atoms with van der Waals surface area (Å²) in [7, 11) is 0. The van der Waals surface area contributed by atoms with E-state index < -0.39 is 0 Å². The van der Waals surface area contributed by atoms with Gasteiger partial charge in [0.2, 0.25) is 0 Å². The van der Waals surface area contributed by atoms with Crippen molar-refractivity contribution in [2.24, 2.45) is 0 Å². The minimum atomic E-state index is 0.00695. The van der Waals surface area contributed by atoms with E-state index in [0.29, 0.717) is 11.6 Å². The average molecular weight is 314 g/mol. The maximum absolute atomic E-state index is 13.0. The Morgan fingerprint density at radius 1 is 1.39 bits per heavy atom. The molecule has 1 aliphatic heterocycles. The number of hydrogen-bond donors (Lipinski definition) is 1. The van der Waals surface area contributed by atoms with Gasteiger partial charge in [-0.2, -0.15) is 5.10 Å². The molecule has 3 heterocycles. The van der Waals surface area contributed by atoms with E-state index in [4.69, 9.17) is 4.52 Å². The molecule has 1 aliphatic carbocycles. The number of carbonyl (C=O) groups excluding carboxylic acids is 1. The fourth-order valence-electron chi connectivity index (χ4n) is 3.68. The normalized spacial score (nSPS) is 20.5. The number of carbonyl (C=O) groups is 1. The minimum absolute atomic E-state index is 0.00695. The first-order chi connectivity index (χ1) is 11.1. The third-order valence-electron chi connectivity index (χ3n) is 4.98. The molecule has 1 N–H and O–H groups in total. The lowest BCUT2D eigenvalue weighted by Gasteiger charge is -2.22. The van der Waals surface area contributed by atoms with Crippen LogP contribution >= 0.6 is 0 Å². The Balaban J connectivity index is 1.60. The maximum atomic E-state index is 13.0. The summed E-state index contributed by atoms with van der Waals surface area (Å²) in [5.74, 6) is 1.21. The van der Waals surface area contributed by atoms with Crippen LogP contribution in [-0.4, -0.2) is 32.7 Å². The molecule has 2 aromatic heterocycles. The summed E-state index contributed by atoms with van der Waals surface area (Å²) in [4.78, 5) is 14.9. The number of hydrogen-bond acceptors (Lipinski definition) is 4. The van der Waals surface area contributed by atoms with Gasteiger partial charge in [-0.05, 0) is 32.1 Å². The standard InChI is InChI=1S/C17H22N4O2/c1-10(2)15-9-13(20-23-15)14-7-4-8-21(14)17(22)16-11-5-3-6-12(11)18-19-16/h9-10,14H,3-8H2,1-2H3,(H,18,19). The molecule has 1 fully saturated rings.